The number of hydrogen-bond acceptors (Lipinski definition) is 5. The van der Waals surface area contributed by atoms with Crippen LogP contribution in [0.4, 0.5) is 5.69 Å². The Balaban J connectivity index is 1.43. The smallest absolute Gasteiger partial charge is 0.236 e. The van der Waals surface area contributed by atoms with Gasteiger partial charge in [0.15, 0.2) is 0 Å². The Labute approximate surface area is 157 Å². The second kappa shape index (κ2) is 8.84. The molecule has 3 rings (SSSR count). The maximum absolute atomic E-state index is 12.6. The maximum atomic E-state index is 12.6. The lowest BCUT2D eigenvalue weighted by atomic mass is 10.2. The average Bonchev–Trinajstić information content (AvgIpc) is 2.68. The normalized spacial score (nSPS) is 20.0. The fraction of sp³-hybridized carbons (Fsp3) is 0.650. The van der Waals surface area contributed by atoms with E-state index in [4.69, 9.17) is 5.73 Å². The number of rotatable bonds is 5. The van der Waals surface area contributed by atoms with Crippen molar-refractivity contribution < 1.29 is 4.79 Å². The van der Waals surface area contributed by atoms with Gasteiger partial charge in [-0.15, -0.1) is 0 Å². The molecule has 6 heteroatoms. The molecule has 1 aromatic carbocycles. The van der Waals surface area contributed by atoms with Crippen LogP contribution in [0.15, 0.2) is 24.3 Å². The molecule has 1 amide bonds. The molecule has 2 fully saturated rings. The van der Waals surface area contributed by atoms with E-state index in [1.807, 2.05) is 4.90 Å². The van der Waals surface area contributed by atoms with Crippen molar-refractivity contribution in [2.75, 3.05) is 63.8 Å². The zero-order valence-electron chi connectivity index (χ0n) is 16.2. The van der Waals surface area contributed by atoms with E-state index in [1.165, 1.54) is 5.69 Å². The molecule has 26 heavy (non-hydrogen) atoms. The van der Waals surface area contributed by atoms with Crippen molar-refractivity contribution in [2.24, 2.45) is 5.73 Å². The molecule has 0 spiro atoms. The van der Waals surface area contributed by atoms with E-state index in [1.54, 1.807) is 0 Å². The Morgan fingerprint density at radius 1 is 0.962 bits per heavy atom. The summed E-state index contributed by atoms with van der Waals surface area (Å²) in [6.07, 6.45) is 0. The lowest BCUT2D eigenvalue weighted by Crippen LogP contribution is -2.54. The summed E-state index contributed by atoms with van der Waals surface area (Å²) in [5, 5.41) is 0. The molecule has 2 aliphatic rings. The van der Waals surface area contributed by atoms with Crippen molar-refractivity contribution >= 4 is 11.6 Å². The number of amides is 1. The molecule has 2 heterocycles. The standard InChI is InChI=1S/C20H33N5O/c1-17(2)23-11-13-25(14-12-23)20(26)16-22-7-9-24(10-8-22)19-5-3-18(15-21)4-6-19/h3-6,17H,7-16,21H2,1-2H3. The van der Waals surface area contributed by atoms with Gasteiger partial charge in [-0.1, -0.05) is 12.1 Å². The molecule has 0 saturated carbocycles. The van der Waals surface area contributed by atoms with Crippen LogP contribution in [0, 0.1) is 0 Å². The van der Waals surface area contributed by atoms with Crippen molar-refractivity contribution in [1.29, 1.82) is 0 Å². The molecule has 1 aromatic rings. The number of nitrogens with two attached hydrogens (primary N) is 1. The highest BCUT2D eigenvalue weighted by atomic mass is 16.2. The molecular weight excluding hydrogens is 326 g/mol. The lowest BCUT2D eigenvalue weighted by molar-refractivity contribution is -0.134. The van der Waals surface area contributed by atoms with Gasteiger partial charge in [-0.2, -0.15) is 0 Å². The van der Waals surface area contributed by atoms with Crippen LogP contribution < -0.4 is 10.6 Å². The number of anilines is 1. The van der Waals surface area contributed by atoms with Gasteiger partial charge >= 0.3 is 0 Å². The van der Waals surface area contributed by atoms with Crippen molar-refractivity contribution in [2.45, 2.75) is 26.4 Å². The molecule has 0 aliphatic carbocycles. The average molecular weight is 360 g/mol. The zero-order valence-corrected chi connectivity index (χ0v) is 16.2. The topological polar surface area (TPSA) is 56.0 Å². The van der Waals surface area contributed by atoms with E-state index in [2.05, 4.69) is 52.8 Å². The second-order valence-corrected chi connectivity index (χ2v) is 7.64. The largest absolute Gasteiger partial charge is 0.369 e. The van der Waals surface area contributed by atoms with Gasteiger partial charge in [0.2, 0.25) is 5.91 Å². The summed E-state index contributed by atoms with van der Waals surface area (Å²) < 4.78 is 0. The molecule has 6 nitrogen and oxygen atoms in total. The Morgan fingerprint density at radius 2 is 1.58 bits per heavy atom. The molecule has 0 aromatic heterocycles. The molecule has 0 unspecified atom stereocenters. The first kappa shape index (κ1) is 19.1. The van der Waals surface area contributed by atoms with Gasteiger partial charge in [-0.05, 0) is 31.5 Å². The summed E-state index contributed by atoms with van der Waals surface area (Å²) in [4.78, 5) is 21.8. The molecule has 2 saturated heterocycles. The lowest BCUT2D eigenvalue weighted by Gasteiger charge is -2.39. The van der Waals surface area contributed by atoms with Crippen LogP contribution in [-0.4, -0.2) is 85.6 Å². The minimum atomic E-state index is 0.286. The van der Waals surface area contributed by atoms with Crippen LogP contribution in [-0.2, 0) is 11.3 Å². The van der Waals surface area contributed by atoms with E-state index in [9.17, 15) is 4.79 Å². The van der Waals surface area contributed by atoms with Gasteiger partial charge in [0.1, 0.15) is 0 Å². The summed E-state index contributed by atoms with van der Waals surface area (Å²) in [5.74, 6) is 0.286. The zero-order chi connectivity index (χ0) is 18.5. The minimum absolute atomic E-state index is 0.286. The molecular formula is C20H33N5O. The Morgan fingerprint density at radius 3 is 2.12 bits per heavy atom. The van der Waals surface area contributed by atoms with Crippen LogP contribution in [0.5, 0.6) is 0 Å². The monoisotopic (exact) mass is 359 g/mol. The highest BCUT2D eigenvalue weighted by molar-refractivity contribution is 5.78. The van der Waals surface area contributed by atoms with Crippen LogP contribution in [0.2, 0.25) is 0 Å². The number of carbonyl (C=O) groups excluding carboxylic acids is 1. The predicted molar refractivity (Wildman–Crippen MR) is 106 cm³/mol. The second-order valence-electron chi connectivity index (χ2n) is 7.64. The Kier molecular flexibility index (Phi) is 6.51. The van der Waals surface area contributed by atoms with Gasteiger partial charge < -0.3 is 15.5 Å². The number of nitrogens with zero attached hydrogens (tertiary/aromatic N) is 4. The summed E-state index contributed by atoms with van der Waals surface area (Å²) in [6, 6.07) is 9.07. The summed E-state index contributed by atoms with van der Waals surface area (Å²) in [6.45, 7) is 13.1. The summed E-state index contributed by atoms with van der Waals surface area (Å²) in [5.41, 5.74) is 8.08. The third-order valence-electron chi connectivity index (χ3n) is 5.67. The quantitative estimate of drug-likeness (QED) is 0.844. The van der Waals surface area contributed by atoms with Crippen molar-refractivity contribution in [3.63, 3.8) is 0 Å². The first-order chi connectivity index (χ1) is 12.6. The van der Waals surface area contributed by atoms with E-state index >= 15 is 0 Å². The van der Waals surface area contributed by atoms with Gasteiger partial charge in [-0.25, -0.2) is 0 Å². The van der Waals surface area contributed by atoms with Crippen molar-refractivity contribution in [3.05, 3.63) is 29.8 Å². The van der Waals surface area contributed by atoms with E-state index in [-0.39, 0.29) is 5.91 Å². The number of benzene rings is 1. The number of carbonyl (C=O) groups is 1. The SMILES string of the molecule is CC(C)N1CCN(C(=O)CN2CCN(c3ccc(CN)cc3)CC2)CC1. The molecule has 2 aliphatic heterocycles. The number of hydrogen-bond donors (Lipinski definition) is 1. The van der Waals surface area contributed by atoms with E-state index < -0.39 is 0 Å². The number of piperazine rings is 2. The van der Waals surface area contributed by atoms with E-state index in [0.717, 1.165) is 57.9 Å². The molecule has 0 atom stereocenters. The van der Waals surface area contributed by atoms with Gasteiger partial charge in [0, 0.05) is 70.6 Å². The van der Waals surface area contributed by atoms with Crippen LogP contribution >= 0.6 is 0 Å². The Hall–Kier alpha value is -1.63. The fourth-order valence-electron chi connectivity index (χ4n) is 3.79. The maximum Gasteiger partial charge on any atom is 0.236 e. The third kappa shape index (κ3) is 4.75. The molecule has 144 valence electrons. The molecule has 0 bridgehead atoms. The first-order valence-corrected chi connectivity index (χ1v) is 9.85. The van der Waals surface area contributed by atoms with E-state index in [0.29, 0.717) is 19.1 Å². The minimum Gasteiger partial charge on any atom is -0.369 e. The van der Waals surface area contributed by atoms with Crippen LogP contribution in [0.3, 0.4) is 0 Å². The van der Waals surface area contributed by atoms with Crippen LogP contribution in [0.1, 0.15) is 19.4 Å². The van der Waals surface area contributed by atoms with Gasteiger partial charge in [0.25, 0.3) is 0 Å². The van der Waals surface area contributed by atoms with Crippen molar-refractivity contribution in [1.82, 2.24) is 14.7 Å². The summed E-state index contributed by atoms with van der Waals surface area (Å²) in [7, 11) is 0. The third-order valence-corrected chi connectivity index (χ3v) is 5.67. The first-order valence-electron chi connectivity index (χ1n) is 9.85. The molecule has 2 N–H and O–H groups in total. The molecule has 0 radical (unpaired) electrons. The van der Waals surface area contributed by atoms with Gasteiger partial charge in [0.05, 0.1) is 6.54 Å². The van der Waals surface area contributed by atoms with Crippen molar-refractivity contribution in [3.8, 4) is 0 Å². The fourth-order valence-corrected chi connectivity index (χ4v) is 3.79. The van der Waals surface area contributed by atoms with Crippen LogP contribution in [0.25, 0.3) is 0 Å². The predicted octanol–water partition coefficient (Wildman–Crippen LogP) is 0.820. The Bertz CT molecular complexity index is 572. The highest BCUT2D eigenvalue weighted by Gasteiger charge is 2.25. The van der Waals surface area contributed by atoms with Gasteiger partial charge in [-0.3, -0.25) is 14.6 Å². The summed E-state index contributed by atoms with van der Waals surface area (Å²) >= 11 is 0. The highest BCUT2D eigenvalue weighted by Crippen LogP contribution is 2.17.